The quantitative estimate of drug-likeness (QED) is 0.681. The summed E-state index contributed by atoms with van der Waals surface area (Å²) in [5, 5.41) is 0. The highest BCUT2D eigenvalue weighted by Gasteiger charge is 2.33. The Kier molecular flexibility index (Phi) is 4.61. The fourth-order valence-electron chi connectivity index (χ4n) is 1.96. The van der Waals surface area contributed by atoms with Crippen molar-refractivity contribution >= 4 is 11.9 Å². The van der Waals surface area contributed by atoms with Crippen LogP contribution >= 0.6 is 0 Å². The Balaban J connectivity index is 2.83. The standard InChI is InChI=1S/C14H24N2O3/c1-10-7-16(13(18)19-14(2,3)4)9-11(12(10)17)8-15(5)6/h8,10H,7,9H2,1-6H3. The second-order valence-corrected chi connectivity index (χ2v) is 6.24. The number of nitrogens with zero attached hydrogens (tertiary/aromatic N) is 2. The van der Waals surface area contributed by atoms with Crippen LogP contribution in [0.3, 0.4) is 0 Å². The third-order valence-corrected chi connectivity index (χ3v) is 2.69. The molecule has 1 fully saturated rings. The molecule has 0 spiro atoms. The topological polar surface area (TPSA) is 49.9 Å². The van der Waals surface area contributed by atoms with Gasteiger partial charge in [0.25, 0.3) is 0 Å². The number of hydrogen-bond donors (Lipinski definition) is 0. The first-order chi connectivity index (χ1) is 8.60. The van der Waals surface area contributed by atoms with Crippen molar-refractivity contribution in [3.8, 4) is 0 Å². The summed E-state index contributed by atoms with van der Waals surface area (Å²) in [5.41, 5.74) is 0.127. The maximum absolute atomic E-state index is 12.0. The first-order valence-electron chi connectivity index (χ1n) is 6.49. The van der Waals surface area contributed by atoms with Crippen LogP contribution in [0.1, 0.15) is 27.7 Å². The third-order valence-electron chi connectivity index (χ3n) is 2.69. The van der Waals surface area contributed by atoms with E-state index >= 15 is 0 Å². The highest BCUT2D eigenvalue weighted by Crippen LogP contribution is 2.20. The van der Waals surface area contributed by atoms with Gasteiger partial charge in [-0.25, -0.2) is 4.79 Å². The van der Waals surface area contributed by atoms with Gasteiger partial charge >= 0.3 is 6.09 Å². The van der Waals surface area contributed by atoms with E-state index in [4.69, 9.17) is 4.74 Å². The molecular weight excluding hydrogens is 244 g/mol. The van der Waals surface area contributed by atoms with Crippen LogP contribution in [0.15, 0.2) is 11.8 Å². The normalized spacial score (nSPS) is 22.6. The van der Waals surface area contributed by atoms with Gasteiger partial charge in [-0.15, -0.1) is 0 Å². The number of carbonyl (C=O) groups is 2. The maximum Gasteiger partial charge on any atom is 0.410 e. The summed E-state index contributed by atoms with van der Waals surface area (Å²) in [6.45, 7) is 8.07. The smallest absolute Gasteiger partial charge is 0.410 e. The Bertz CT molecular complexity index is 394. The molecule has 0 bridgehead atoms. The molecule has 1 amide bonds. The summed E-state index contributed by atoms with van der Waals surface area (Å²) in [6, 6.07) is 0. The van der Waals surface area contributed by atoms with Gasteiger partial charge in [-0.2, -0.15) is 0 Å². The van der Waals surface area contributed by atoms with E-state index in [-0.39, 0.29) is 17.8 Å². The molecule has 1 rings (SSSR count). The Hall–Kier alpha value is -1.52. The van der Waals surface area contributed by atoms with Gasteiger partial charge < -0.3 is 14.5 Å². The van der Waals surface area contributed by atoms with Crippen LogP contribution in [-0.4, -0.2) is 54.5 Å². The lowest BCUT2D eigenvalue weighted by atomic mass is 9.94. The van der Waals surface area contributed by atoms with Crippen LogP contribution in [0.5, 0.6) is 0 Å². The van der Waals surface area contributed by atoms with Gasteiger partial charge in [-0.3, -0.25) is 4.79 Å². The molecule has 0 aromatic carbocycles. The molecule has 0 saturated carbocycles. The van der Waals surface area contributed by atoms with Crippen molar-refractivity contribution in [3.05, 3.63) is 11.8 Å². The van der Waals surface area contributed by atoms with Crippen LogP contribution in [0.2, 0.25) is 0 Å². The van der Waals surface area contributed by atoms with Crippen molar-refractivity contribution < 1.29 is 14.3 Å². The molecule has 1 aliphatic heterocycles. The van der Waals surface area contributed by atoms with Gasteiger partial charge in [0.2, 0.25) is 0 Å². The Morgan fingerprint density at radius 1 is 1.42 bits per heavy atom. The van der Waals surface area contributed by atoms with E-state index < -0.39 is 5.60 Å². The van der Waals surface area contributed by atoms with Crippen molar-refractivity contribution in [3.63, 3.8) is 0 Å². The number of hydrogen-bond acceptors (Lipinski definition) is 4. The molecule has 19 heavy (non-hydrogen) atoms. The van der Waals surface area contributed by atoms with Crippen LogP contribution < -0.4 is 0 Å². The second-order valence-electron chi connectivity index (χ2n) is 6.24. The molecule has 108 valence electrons. The van der Waals surface area contributed by atoms with Crippen LogP contribution in [0, 0.1) is 5.92 Å². The minimum Gasteiger partial charge on any atom is -0.444 e. The fourth-order valence-corrected chi connectivity index (χ4v) is 1.96. The van der Waals surface area contributed by atoms with Crippen molar-refractivity contribution in [2.24, 2.45) is 5.92 Å². The molecular formula is C14H24N2O3. The number of rotatable bonds is 1. The van der Waals surface area contributed by atoms with Gasteiger partial charge in [-0.05, 0) is 20.8 Å². The molecule has 1 saturated heterocycles. The van der Waals surface area contributed by atoms with Crippen molar-refractivity contribution in [1.29, 1.82) is 0 Å². The lowest BCUT2D eigenvalue weighted by Crippen LogP contribution is -2.46. The number of ether oxygens (including phenoxy) is 1. The highest BCUT2D eigenvalue weighted by molar-refractivity contribution is 5.99. The van der Waals surface area contributed by atoms with E-state index in [1.54, 1.807) is 11.1 Å². The Morgan fingerprint density at radius 2 is 2.00 bits per heavy atom. The lowest BCUT2D eigenvalue weighted by molar-refractivity contribution is -0.121. The van der Waals surface area contributed by atoms with Gasteiger partial charge in [0.05, 0.1) is 6.54 Å². The molecule has 0 N–H and O–H groups in total. The molecule has 5 nitrogen and oxygen atoms in total. The first kappa shape index (κ1) is 15.5. The van der Waals surface area contributed by atoms with Crippen LogP contribution in [-0.2, 0) is 9.53 Å². The zero-order valence-electron chi connectivity index (χ0n) is 12.7. The first-order valence-corrected chi connectivity index (χ1v) is 6.49. The van der Waals surface area contributed by atoms with Gasteiger partial charge in [0, 0.05) is 38.3 Å². The monoisotopic (exact) mass is 268 g/mol. The molecule has 1 aliphatic rings. The summed E-state index contributed by atoms with van der Waals surface area (Å²) in [7, 11) is 3.72. The number of amides is 1. The minimum absolute atomic E-state index is 0.105. The average Bonchev–Trinajstić information content (AvgIpc) is 2.21. The predicted octanol–water partition coefficient (Wildman–Crippen LogP) is 1.89. The molecule has 0 aromatic heterocycles. The van der Waals surface area contributed by atoms with E-state index in [1.807, 2.05) is 46.7 Å². The molecule has 5 heteroatoms. The zero-order chi connectivity index (χ0) is 14.8. The van der Waals surface area contributed by atoms with Crippen molar-refractivity contribution in [2.45, 2.75) is 33.3 Å². The summed E-state index contributed by atoms with van der Waals surface area (Å²) in [5.74, 6) is -0.0824. The van der Waals surface area contributed by atoms with Gasteiger partial charge in [0.15, 0.2) is 5.78 Å². The minimum atomic E-state index is -0.521. The van der Waals surface area contributed by atoms with Gasteiger partial charge in [-0.1, -0.05) is 6.92 Å². The van der Waals surface area contributed by atoms with Crippen LogP contribution in [0.4, 0.5) is 4.79 Å². The van der Waals surface area contributed by atoms with Crippen LogP contribution in [0.25, 0.3) is 0 Å². The fraction of sp³-hybridized carbons (Fsp3) is 0.714. The maximum atomic E-state index is 12.0. The zero-order valence-corrected chi connectivity index (χ0v) is 12.7. The lowest BCUT2D eigenvalue weighted by Gasteiger charge is -2.33. The van der Waals surface area contributed by atoms with Crippen molar-refractivity contribution in [2.75, 3.05) is 27.2 Å². The second kappa shape index (κ2) is 5.63. The van der Waals surface area contributed by atoms with Gasteiger partial charge in [0.1, 0.15) is 5.60 Å². The van der Waals surface area contributed by atoms with E-state index in [0.29, 0.717) is 18.7 Å². The Morgan fingerprint density at radius 3 is 2.47 bits per heavy atom. The number of ketones is 1. The van der Waals surface area contributed by atoms with E-state index in [0.717, 1.165) is 0 Å². The average molecular weight is 268 g/mol. The molecule has 0 aromatic rings. The molecule has 0 radical (unpaired) electrons. The summed E-state index contributed by atoms with van der Waals surface area (Å²) in [6.07, 6.45) is 1.41. The largest absolute Gasteiger partial charge is 0.444 e. The number of carbonyl (C=O) groups excluding carboxylic acids is 2. The Labute approximate surface area is 115 Å². The van der Waals surface area contributed by atoms with E-state index in [1.165, 1.54) is 0 Å². The summed E-state index contributed by atoms with van der Waals surface area (Å²) < 4.78 is 5.35. The SMILES string of the molecule is CC1CN(C(=O)OC(C)(C)C)CC(=CN(C)C)C1=O. The summed E-state index contributed by atoms with van der Waals surface area (Å²) >= 11 is 0. The molecule has 1 atom stereocenters. The third kappa shape index (κ3) is 4.58. The molecule has 0 aliphatic carbocycles. The van der Waals surface area contributed by atoms with Crippen molar-refractivity contribution in [1.82, 2.24) is 9.80 Å². The molecule has 1 heterocycles. The number of piperidine rings is 1. The van der Waals surface area contributed by atoms with E-state index in [9.17, 15) is 9.59 Å². The number of likely N-dealkylation sites (tertiary alicyclic amines) is 1. The molecule has 1 unspecified atom stereocenters. The predicted molar refractivity (Wildman–Crippen MR) is 73.7 cm³/mol. The summed E-state index contributed by atoms with van der Waals surface area (Å²) in [4.78, 5) is 27.5. The van der Waals surface area contributed by atoms with E-state index in [2.05, 4.69) is 0 Å². The number of Topliss-reactive ketones (excluding diaryl/α,β-unsaturated/α-hetero) is 1. The highest BCUT2D eigenvalue weighted by atomic mass is 16.6.